The van der Waals surface area contributed by atoms with Crippen molar-refractivity contribution in [3.63, 3.8) is 0 Å². The van der Waals surface area contributed by atoms with E-state index in [1.165, 1.54) is 5.56 Å². The van der Waals surface area contributed by atoms with Gasteiger partial charge in [-0.3, -0.25) is 14.7 Å². The first-order valence-electron chi connectivity index (χ1n) is 4.71. The van der Waals surface area contributed by atoms with Crippen LogP contribution in [-0.4, -0.2) is 28.8 Å². The molecule has 0 aromatic carbocycles. The quantitative estimate of drug-likeness (QED) is 0.724. The normalized spacial score (nSPS) is 12.9. The number of ketones is 1. The average Bonchev–Trinajstić information content (AvgIpc) is 2.18. The number of nitrogens with zero attached hydrogens (tertiary/aromatic N) is 2. The molecule has 1 aromatic heterocycles. The van der Waals surface area contributed by atoms with Crippen molar-refractivity contribution in [1.82, 2.24) is 9.88 Å². The summed E-state index contributed by atoms with van der Waals surface area (Å²) in [6.45, 7) is 4.32. The third kappa shape index (κ3) is 2.92. The van der Waals surface area contributed by atoms with Crippen LogP contribution in [0.3, 0.4) is 0 Å². The van der Waals surface area contributed by atoms with Gasteiger partial charge < -0.3 is 0 Å². The molecule has 0 saturated carbocycles. The molecule has 1 atom stereocenters. The molecule has 0 N–H and O–H groups in total. The van der Waals surface area contributed by atoms with Crippen molar-refractivity contribution in [3.05, 3.63) is 30.1 Å². The Hall–Kier alpha value is -1.22. The molecule has 0 bridgehead atoms. The minimum atomic E-state index is -0.0248. The number of hydrogen-bond donors (Lipinski definition) is 0. The van der Waals surface area contributed by atoms with Gasteiger partial charge in [-0.05, 0) is 38.6 Å². The van der Waals surface area contributed by atoms with E-state index in [9.17, 15) is 4.79 Å². The van der Waals surface area contributed by atoms with Crippen molar-refractivity contribution in [2.24, 2.45) is 0 Å². The zero-order valence-corrected chi connectivity index (χ0v) is 8.90. The smallest absolute Gasteiger partial charge is 0.146 e. The van der Waals surface area contributed by atoms with Crippen LogP contribution in [0.15, 0.2) is 24.5 Å². The van der Waals surface area contributed by atoms with Crippen molar-refractivity contribution in [2.75, 3.05) is 7.05 Å². The van der Waals surface area contributed by atoms with Crippen LogP contribution in [0.25, 0.3) is 0 Å². The van der Waals surface area contributed by atoms with E-state index in [1.54, 1.807) is 19.3 Å². The summed E-state index contributed by atoms with van der Waals surface area (Å²) in [7, 11) is 1.95. The van der Waals surface area contributed by atoms with E-state index in [0.29, 0.717) is 0 Å². The summed E-state index contributed by atoms with van der Waals surface area (Å²) in [6.07, 6.45) is 3.53. The molecule has 3 heteroatoms. The van der Waals surface area contributed by atoms with Crippen LogP contribution in [0, 0.1) is 0 Å². The summed E-state index contributed by atoms with van der Waals surface area (Å²) in [4.78, 5) is 17.1. The summed E-state index contributed by atoms with van der Waals surface area (Å²) < 4.78 is 0. The van der Waals surface area contributed by atoms with Gasteiger partial charge in [0.05, 0.1) is 6.04 Å². The molecule has 0 fully saturated rings. The van der Waals surface area contributed by atoms with Crippen molar-refractivity contribution < 1.29 is 4.79 Å². The first kappa shape index (κ1) is 10.9. The maximum Gasteiger partial charge on any atom is 0.146 e. The maximum atomic E-state index is 11.1. The van der Waals surface area contributed by atoms with Crippen LogP contribution in [0.4, 0.5) is 0 Å². The molecule has 0 aliphatic rings. The first-order chi connectivity index (χ1) is 6.61. The molecular weight excluding hydrogens is 176 g/mol. The lowest BCUT2D eigenvalue weighted by atomic mass is 10.2. The van der Waals surface area contributed by atoms with Gasteiger partial charge in [-0.2, -0.15) is 0 Å². The van der Waals surface area contributed by atoms with Crippen molar-refractivity contribution in [3.8, 4) is 0 Å². The summed E-state index contributed by atoms with van der Waals surface area (Å²) in [5.41, 5.74) is 1.18. The fraction of sp³-hybridized carbons (Fsp3) is 0.455. The Morgan fingerprint density at radius 2 is 2.07 bits per heavy atom. The van der Waals surface area contributed by atoms with Crippen LogP contribution in [-0.2, 0) is 11.3 Å². The molecule has 1 unspecified atom stereocenters. The van der Waals surface area contributed by atoms with Crippen LogP contribution in [0.5, 0.6) is 0 Å². The Balaban J connectivity index is 2.57. The summed E-state index contributed by atoms with van der Waals surface area (Å²) in [6, 6.07) is 3.90. The molecule has 0 amide bonds. The molecule has 0 aliphatic carbocycles. The number of pyridine rings is 1. The lowest BCUT2D eigenvalue weighted by Gasteiger charge is -2.22. The molecule has 3 nitrogen and oxygen atoms in total. The van der Waals surface area contributed by atoms with Gasteiger partial charge in [-0.15, -0.1) is 0 Å². The monoisotopic (exact) mass is 192 g/mol. The highest BCUT2D eigenvalue weighted by molar-refractivity contribution is 5.80. The van der Waals surface area contributed by atoms with Gasteiger partial charge in [0.25, 0.3) is 0 Å². The van der Waals surface area contributed by atoms with Crippen LogP contribution < -0.4 is 0 Å². The zero-order valence-electron chi connectivity index (χ0n) is 8.90. The Morgan fingerprint density at radius 3 is 2.57 bits per heavy atom. The standard InChI is InChI=1S/C11H16N2O/c1-9(10(2)14)13(3)8-11-4-6-12-7-5-11/h4-7,9H,8H2,1-3H3. The summed E-state index contributed by atoms with van der Waals surface area (Å²) >= 11 is 0. The topological polar surface area (TPSA) is 33.2 Å². The predicted octanol–water partition coefficient (Wildman–Crippen LogP) is 1.49. The Bertz CT molecular complexity index is 297. The second-order valence-electron chi connectivity index (χ2n) is 3.56. The van der Waals surface area contributed by atoms with E-state index in [2.05, 4.69) is 4.98 Å². The number of hydrogen-bond acceptors (Lipinski definition) is 3. The minimum absolute atomic E-state index is 0.0248. The van der Waals surface area contributed by atoms with Gasteiger partial charge >= 0.3 is 0 Å². The van der Waals surface area contributed by atoms with Gasteiger partial charge in [0, 0.05) is 18.9 Å². The van der Waals surface area contributed by atoms with E-state index in [4.69, 9.17) is 0 Å². The molecule has 0 radical (unpaired) electrons. The third-order valence-electron chi connectivity index (χ3n) is 2.43. The Morgan fingerprint density at radius 1 is 1.50 bits per heavy atom. The van der Waals surface area contributed by atoms with Crippen molar-refractivity contribution >= 4 is 5.78 Å². The highest BCUT2D eigenvalue weighted by atomic mass is 16.1. The minimum Gasteiger partial charge on any atom is -0.298 e. The Kier molecular flexibility index (Phi) is 3.77. The number of aromatic nitrogens is 1. The first-order valence-corrected chi connectivity index (χ1v) is 4.71. The summed E-state index contributed by atoms with van der Waals surface area (Å²) in [5, 5.41) is 0. The fourth-order valence-electron chi connectivity index (χ4n) is 1.22. The zero-order chi connectivity index (χ0) is 10.6. The molecule has 0 aliphatic heterocycles. The van der Waals surface area contributed by atoms with E-state index >= 15 is 0 Å². The van der Waals surface area contributed by atoms with E-state index in [0.717, 1.165) is 6.54 Å². The maximum absolute atomic E-state index is 11.1. The lowest BCUT2D eigenvalue weighted by Crippen LogP contribution is -2.33. The average molecular weight is 192 g/mol. The molecule has 14 heavy (non-hydrogen) atoms. The number of carbonyl (C=O) groups is 1. The number of likely N-dealkylation sites (N-methyl/N-ethyl adjacent to an activating group) is 1. The van der Waals surface area contributed by atoms with E-state index in [-0.39, 0.29) is 11.8 Å². The highest BCUT2D eigenvalue weighted by Gasteiger charge is 2.13. The van der Waals surface area contributed by atoms with Crippen molar-refractivity contribution in [1.29, 1.82) is 0 Å². The SMILES string of the molecule is CC(=O)C(C)N(C)Cc1ccncc1. The highest BCUT2D eigenvalue weighted by Crippen LogP contribution is 2.05. The lowest BCUT2D eigenvalue weighted by molar-refractivity contribution is -0.121. The van der Waals surface area contributed by atoms with Gasteiger partial charge in [0.2, 0.25) is 0 Å². The van der Waals surface area contributed by atoms with E-state index < -0.39 is 0 Å². The van der Waals surface area contributed by atoms with Crippen LogP contribution in [0.2, 0.25) is 0 Å². The Labute approximate surface area is 84.8 Å². The second-order valence-corrected chi connectivity index (χ2v) is 3.56. The van der Waals surface area contributed by atoms with Crippen molar-refractivity contribution in [2.45, 2.75) is 26.4 Å². The van der Waals surface area contributed by atoms with Gasteiger partial charge in [0.1, 0.15) is 5.78 Å². The van der Waals surface area contributed by atoms with Gasteiger partial charge in [0.15, 0.2) is 0 Å². The number of Topliss-reactive ketones (excluding diaryl/α,β-unsaturated/α-hetero) is 1. The summed E-state index contributed by atoms with van der Waals surface area (Å²) in [5.74, 6) is 0.196. The van der Waals surface area contributed by atoms with Crippen LogP contribution in [0.1, 0.15) is 19.4 Å². The molecular formula is C11H16N2O. The van der Waals surface area contributed by atoms with E-state index in [1.807, 2.05) is 31.0 Å². The molecule has 1 heterocycles. The van der Waals surface area contributed by atoms with Crippen LogP contribution >= 0.6 is 0 Å². The van der Waals surface area contributed by atoms with Gasteiger partial charge in [-0.25, -0.2) is 0 Å². The third-order valence-corrected chi connectivity index (χ3v) is 2.43. The predicted molar refractivity (Wildman–Crippen MR) is 55.8 cm³/mol. The van der Waals surface area contributed by atoms with Gasteiger partial charge in [-0.1, -0.05) is 0 Å². The molecule has 0 saturated heterocycles. The second kappa shape index (κ2) is 4.86. The number of rotatable bonds is 4. The fourth-order valence-corrected chi connectivity index (χ4v) is 1.22. The molecule has 1 rings (SSSR count). The number of carbonyl (C=O) groups excluding carboxylic acids is 1. The molecule has 0 spiro atoms. The molecule has 1 aromatic rings. The largest absolute Gasteiger partial charge is 0.298 e. The molecule has 76 valence electrons.